The van der Waals surface area contributed by atoms with Crippen LogP contribution in [0, 0.1) is 0 Å². The number of fused-ring (bicyclic) bond motifs is 18. The van der Waals surface area contributed by atoms with E-state index in [2.05, 4.69) is 214 Å². The van der Waals surface area contributed by atoms with Crippen LogP contribution in [0.1, 0.15) is 63.8 Å². The number of rotatable bonds is 2. The van der Waals surface area contributed by atoms with E-state index in [1.54, 1.807) is 22.7 Å². The van der Waals surface area contributed by atoms with Crippen molar-refractivity contribution in [3.63, 3.8) is 0 Å². The summed E-state index contributed by atoms with van der Waals surface area (Å²) >= 11 is 3.45. The molecule has 0 saturated carbocycles. The molecule has 0 aliphatic carbocycles. The molecule has 9 nitrogen and oxygen atoms in total. The molecule has 1 saturated heterocycles. The van der Waals surface area contributed by atoms with Gasteiger partial charge < -0.3 is 18.9 Å². The van der Waals surface area contributed by atoms with Crippen molar-refractivity contribution < 1.29 is 0 Å². The highest BCUT2D eigenvalue weighted by atomic mass is 32.1. The number of benzene rings is 3. The molecule has 64 heavy (non-hydrogen) atoms. The van der Waals surface area contributed by atoms with Gasteiger partial charge in [-0.15, -0.1) is 0 Å². The van der Waals surface area contributed by atoms with Crippen LogP contribution in [0.2, 0.25) is 0 Å². The average molecular weight is 865 g/mol. The molecule has 0 radical (unpaired) electrons. The van der Waals surface area contributed by atoms with Crippen molar-refractivity contribution >= 4 is 114 Å². The van der Waals surface area contributed by atoms with Gasteiger partial charge in [-0.1, -0.05) is 125 Å². The van der Waals surface area contributed by atoms with Crippen molar-refractivity contribution in [2.45, 2.75) is 52.4 Å². The van der Waals surface area contributed by atoms with Crippen LogP contribution in [-0.4, -0.2) is 70.6 Å². The Labute approximate surface area is 381 Å². The molecule has 5 aliphatic rings. The maximum atomic E-state index is 5.39. The van der Waals surface area contributed by atoms with E-state index < -0.39 is 0 Å². The second kappa shape index (κ2) is 13.5. The second-order valence-corrected chi connectivity index (χ2v) is 21.4. The molecule has 13 rings (SSSR count). The Bertz CT molecular complexity index is 3320. The molecule has 10 heterocycles. The third kappa shape index (κ3) is 5.49. The summed E-state index contributed by atoms with van der Waals surface area (Å²) in [4.78, 5) is 18.2. The predicted molar refractivity (Wildman–Crippen MR) is 273 cm³/mol. The molecule has 0 unspecified atom stereocenters. The van der Waals surface area contributed by atoms with Gasteiger partial charge in [0.15, 0.2) is 9.92 Å². The maximum absolute atomic E-state index is 5.39. The third-order valence-electron chi connectivity index (χ3n) is 13.5. The van der Waals surface area contributed by atoms with E-state index in [0.717, 1.165) is 42.3 Å². The number of hydrogen-bond donors (Lipinski definition) is 0. The van der Waals surface area contributed by atoms with Crippen LogP contribution in [0.5, 0.6) is 0 Å². The molecule has 0 amide bonds. The summed E-state index contributed by atoms with van der Waals surface area (Å²) in [5, 5.41) is 0. The summed E-state index contributed by atoms with van der Waals surface area (Å²) in [6, 6.07) is 21.9. The molecule has 15 heteroatoms. The van der Waals surface area contributed by atoms with E-state index >= 15 is 0 Å². The van der Waals surface area contributed by atoms with Crippen molar-refractivity contribution in [3.05, 3.63) is 174 Å². The predicted octanol–water partition coefficient (Wildman–Crippen LogP) is 10.7. The first kappa shape index (κ1) is 38.1. The number of aromatic nitrogens is 5. The zero-order chi connectivity index (χ0) is 43.2. The highest BCUT2D eigenvalue weighted by molar-refractivity contribution is 7.24. The van der Waals surface area contributed by atoms with E-state index in [-0.39, 0.29) is 38.8 Å². The van der Waals surface area contributed by atoms with E-state index in [1.165, 1.54) is 43.6 Å². The Kier molecular flexibility index (Phi) is 8.06. The van der Waals surface area contributed by atoms with Gasteiger partial charge in [0.25, 0.3) is 0 Å². The summed E-state index contributed by atoms with van der Waals surface area (Å²) in [5.74, 6) is 9.66. The summed E-state index contributed by atoms with van der Waals surface area (Å²) < 4.78 is 16.0. The lowest BCUT2D eigenvalue weighted by Crippen LogP contribution is -2.73. The quantitative estimate of drug-likeness (QED) is 0.160. The normalized spacial score (nSPS) is 17.4. The van der Waals surface area contributed by atoms with Gasteiger partial charge in [0.1, 0.15) is 4.83 Å². The molecular weight excluding hydrogens is 822 g/mol. The fraction of sp³-hybridized carbons (Fsp3) is 0.163. The summed E-state index contributed by atoms with van der Waals surface area (Å²) in [6.07, 6.45) is 24.5. The summed E-state index contributed by atoms with van der Waals surface area (Å²) in [6.45, 7) is 13.6. The molecule has 0 N–H and O–H groups in total. The lowest BCUT2D eigenvalue weighted by molar-refractivity contribution is 0.589. The van der Waals surface area contributed by atoms with Crippen LogP contribution in [0.3, 0.4) is 0 Å². The maximum Gasteiger partial charge on any atom is 0.381 e. The van der Waals surface area contributed by atoms with Crippen LogP contribution in [-0.2, 0) is 10.8 Å². The van der Waals surface area contributed by atoms with Gasteiger partial charge >= 0.3 is 27.9 Å². The minimum absolute atomic E-state index is 0.0650. The van der Waals surface area contributed by atoms with E-state index in [1.807, 2.05) is 12.3 Å². The Morgan fingerprint density at radius 1 is 0.516 bits per heavy atom. The molecule has 1 fully saturated rings. The Morgan fingerprint density at radius 3 is 1.78 bits per heavy atom. The monoisotopic (exact) mass is 865 g/mol. The zero-order valence-corrected chi connectivity index (χ0v) is 38.2. The van der Waals surface area contributed by atoms with Crippen molar-refractivity contribution in [2.75, 3.05) is 0 Å². The highest BCUT2D eigenvalue weighted by Gasteiger charge is 2.51. The smallest absolute Gasteiger partial charge is 0.381 e. The molecular formula is C49H43B4N9S2. The highest BCUT2D eigenvalue weighted by Crippen LogP contribution is 2.44. The minimum Gasteiger partial charge on any atom is -0.423 e. The van der Waals surface area contributed by atoms with Crippen LogP contribution in [0.4, 0.5) is 0 Å². The Hall–Kier alpha value is -6.43. The molecule has 5 aromatic heterocycles. The number of hydrogen-bond acceptors (Lipinski definition) is 9. The van der Waals surface area contributed by atoms with Crippen LogP contribution in [0.15, 0.2) is 152 Å². The van der Waals surface area contributed by atoms with Gasteiger partial charge in [-0.25, -0.2) is 15.0 Å². The average Bonchev–Trinajstić information content (AvgIpc) is 4.05. The first-order valence-electron chi connectivity index (χ1n) is 22.1. The lowest BCUT2D eigenvalue weighted by Gasteiger charge is -2.53. The number of nitrogens with zero attached hydrogens (tertiary/aromatic N) is 9. The SMILES string of the molecule is CC(C)(C)c1ccc2c(nc3sc4ncccc4n32)c1C1=CB2N(C=C1)B1C=CC=CN1B1C=C(c3c(C(C)(C)C)ccc4c3sc3nc5ccccc5n34)C=CN1B1C=CC=CN12. The summed E-state index contributed by atoms with van der Waals surface area (Å²) in [7, 11) is 0. The van der Waals surface area contributed by atoms with Crippen molar-refractivity contribution in [3.8, 4) is 0 Å². The zero-order valence-electron chi connectivity index (χ0n) is 36.6. The van der Waals surface area contributed by atoms with Gasteiger partial charge in [0.05, 0.1) is 37.8 Å². The molecule has 3 aromatic carbocycles. The molecule has 0 spiro atoms. The number of thiazole rings is 2. The molecule has 308 valence electrons. The second-order valence-electron chi connectivity index (χ2n) is 19.4. The van der Waals surface area contributed by atoms with Gasteiger partial charge in [-0.05, 0) is 119 Å². The molecule has 8 aromatic rings. The van der Waals surface area contributed by atoms with E-state index in [0.29, 0.717) is 0 Å². The number of pyridine rings is 1. The molecule has 5 aliphatic heterocycles. The van der Waals surface area contributed by atoms with Crippen LogP contribution < -0.4 is 0 Å². The molecule has 0 atom stereocenters. The van der Waals surface area contributed by atoms with Gasteiger partial charge in [-0.3, -0.25) is 8.80 Å². The Balaban J connectivity index is 0.962. The number of allylic oxidation sites excluding steroid dienone is 8. The van der Waals surface area contributed by atoms with E-state index in [4.69, 9.17) is 9.97 Å². The molecule has 0 bridgehead atoms. The number of imidazole rings is 2. The van der Waals surface area contributed by atoms with Crippen LogP contribution in [0.25, 0.3) is 63.7 Å². The largest absolute Gasteiger partial charge is 0.423 e. The van der Waals surface area contributed by atoms with Gasteiger partial charge in [-0.2, -0.15) is 0 Å². The van der Waals surface area contributed by atoms with Crippen molar-refractivity contribution in [1.29, 1.82) is 0 Å². The van der Waals surface area contributed by atoms with E-state index in [9.17, 15) is 0 Å². The van der Waals surface area contributed by atoms with Crippen molar-refractivity contribution in [1.82, 2.24) is 42.6 Å². The van der Waals surface area contributed by atoms with Gasteiger partial charge in [0, 0.05) is 17.3 Å². The standard InChI is InChI=1S/C49H43B4N9S2/c1-48(2,3)34-17-19-38-43(56-47-62(38)40-16-13-25-54-45(40)64-47)41(34)32-21-28-59-51-24-10-12-27-58(51)53-31-33(22-29-60(53)50-23-9-11-26-57(50)52(59)30-32)42-35(49(4,5)6)18-20-39-44(42)63-46-55-36-14-7-8-15-37(36)61(39)46/h7-31H,1-6H3. The fourth-order valence-electron chi connectivity index (χ4n) is 10.6. The first-order chi connectivity index (χ1) is 31.0. The lowest BCUT2D eigenvalue weighted by atomic mass is 9.41. The first-order valence-corrected chi connectivity index (χ1v) is 23.8. The van der Waals surface area contributed by atoms with Crippen molar-refractivity contribution in [2.24, 2.45) is 0 Å². The fourth-order valence-corrected chi connectivity index (χ4v) is 12.8. The number of para-hydroxylation sites is 2. The van der Waals surface area contributed by atoms with Crippen LogP contribution >= 0.6 is 22.7 Å². The van der Waals surface area contributed by atoms with Gasteiger partial charge in [0.2, 0.25) is 0 Å². The minimum atomic E-state index is -0.116. The third-order valence-corrected chi connectivity index (χ3v) is 15.6. The topological polar surface area (TPSA) is 60.5 Å². The Morgan fingerprint density at radius 2 is 1.09 bits per heavy atom. The summed E-state index contributed by atoms with van der Waals surface area (Å²) in [5.41, 5.74) is 13.9.